The maximum absolute atomic E-state index is 5.79. The summed E-state index contributed by atoms with van der Waals surface area (Å²) in [5.74, 6) is 1.79. The van der Waals surface area contributed by atoms with Gasteiger partial charge >= 0.3 is 0 Å². The highest BCUT2D eigenvalue weighted by Gasteiger charge is 2.22. The molecule has 2 rings (SSSR count). The number of nitrogens with zero attached hydrogens (tertiary/aromatic N) is 1. The molecule has 2 aliphatic rings. The highest BCUT2D eigenvalue weighted by atomic mass is 16.5. The molecule has 3 heteroatoms. The van der Waals surface area contributed by atoms with Gasteiger partial charge in [0, 0.05) is 19.6 Å². The predicted molar refractivity (Wildman–Crippen MR) is 71.2 cm³/mol. The van der Waals surface area contributed by atoms with Crippen LogP contribution in [0.2, 0.25) is 0 Å². The van der Waals surface area contributed by atoms with Crippen molar-refractivity contribution >= 4 is 0 Å². The summed E-state index contributed by atoms with van der Waals surface area (Å²) in [6.45, 7) is 11.3. The van der Waals surface area contributed by atoms with Gasteiger partial charge in [0.2, 0.25) is 0 Å². The second-order valence-electron chi connectivity index (χ2n) is 5.93. The Morgan fingerprint density at radius 3 is 2.88 bits per heavy atom. The van der Waals surface area contributed by atoms with Crippen LogP contribution >= 0.6 is 0 Å². The predicted octanol–water partition coefficient (Wildman–Crippen LogP) is 1.73. The first-order valence-corrected chi connectivity index (χ1v) is 7.30. The lowest BCUT2D eigenvalue weighted by atomic mass is 9.89. The Morgan fingerprint density at radius 1 is 1.29 bits per heavy atom. The number of likely N-dealkylation sites (tertiary alicyclic amines) is 1. The van der Waals surface area contributed by atoms with Crippen molar-refractivity contribution < 1.29 is 4.74 Å². The van der Waals surface area contributed by atoms with Gasteiger partial charge in [-0.05, 0) is 44.2 Å². The molecule has 1 N–H and O–H groups in total. The van der Waals surface area contributed by atoms with Gasteiger partial charge in [0.25, 0.3) is 0 Å². The molecule has 0 aliphatic carbocycles. The minimum atomic E-state index is 0.416. The fourth-order valence-corrected chi connectivity index (χ4v) is 3.06. The number of morpholine rings is 1. The molecule has 2 fully saturated rings. The number of nitrogens with one attached hydrogen (secondary N) is 1. The molecule has 0 aromatic carbocycles. The molecule has 0 spiro atoms. The molecular weight excluding hydrogens is 212 g/mol. The van der Waals surface area contributed by atoms with Crippen molar-refractivity contribution in [2.75, 3.05) is 39.3 Å². The zero-order chi connectivity index (χ0) is 12.1. The Kier molecular flexibility index (Phi) is 5.26. The van der Waals surface area contributed by atoms with E-state index in [9.17, 15) is 0 Å². The topological polar surface area (TPSA) is 24.5 Å². The summed E-state index contributed by atoms with van der Waals surface area (Å²) < 4.78 is 5.79. The summed E-state index contributed by atoms with van der Waals surface area (Å²) >= 11 is 0. The molecule has 2 atom stereocenters. The molecule has 0 saturated carbocycles. The summed E-state index contributed by atoms with van der Waals surface area (Å²) in [5, 5.41) is 3.42. The van der Waals surface area contributed by atoms with E-state index in [1.165, 1.54) is 32.4 Å². The van der Waals surface area contributed by atoms with Gasteiger partial charge in [-0.25, -0.2) is 0 Å². The maximum Gasteiger partial charge on any atom is 0.0826 e. The molecule has 3 nitrogen and oxygen atoms in total. The van der Waals surface area contributed by atoms with Crippen LogP contribution in [0.15, 0.2) is 0 Å². The third-order valence-electron chi connectivity index (χ3n) is 4.27. The normalized spacial score (nSPS) is 32.6. The van der Waals surface area contributed by atoms with Crippen molar-refractivity contribution in [2.45, 2.75) is 39.2 Å². The lowest BCUT2D eigenvalue weighted by Crippen LogP contribution is -2.45. The van der Waals surface area contributed by atoms with E-state index in [4.69, 9.17) is 4.74 Å². The largest absolute Gasteiger partial charge is 0.374 e. The highest BCUT2D eigenvalue weighted by molar-refractivity contribution is 4.76. The van der Waals surface area contributed by atoms with Gasteiger partial charge in [0.15, 0.2) is 0 Å². The highest BCUT2D eigenvalue weighted by Crippen LogP contribution is 2.24. The van der Waals surface area contributed by atoms with Crippen LogP contribution in [0.4, 0.5) is 0 Å². The van der Waals surface area contributed by atoms with Gasteiger partial charge in [0.1, 0.15) is 0 Å². The van der Waals surface area contributed by atoms with Crippen molar-refractivity contribution in [3.63, 3.8) is 0 Å². The number of rotatable bonds is 3. The lowest BCUT2D eigenvalue weighted by Gasteiger charge is -2.29. The summed E-state index contributed by atoms with van der Waals surface area (Å²) in [4.78, 5) is 2.61. The molecule has 0 radical (unpaired) electrons. The zero-order valence-electron chi connectivity index (χ0n) is 11.5. The Labute approximate surface area is 106 Å². The van der Waals surface area contributed by atoms with Gasteiger partial charge in [-0.2, -0.15) is 0 Å². The average molecular weight is 240 g/mol. The second-order valence-corrected chi connectivity index (χ2v) is 5.93. The standard InChI is InChI=1S/C14H28N2O/c1-12(2)13-4-3-7-16(8-5-13)11-14-10-15-6-9-17-14/h12-15H,3-11H2,1-2H3. The van der Waals surface area contributed by atoms with Crippen LogP contribution in [-0.4, -0.2) is 50.3 Å². The van der Waals surface area contributed by atoms with Crippen molar-refractivity contribution in [2.24, 2.45) is 11.8 Å². The molecule has 17 heavy (non-hydrogen) atoms. The van der Waals surface area contributed by atoms with Crippen LogP contribution < -0.4 is 5.32 Å². The quantitative estimate of drug-likeness (QED) is 0.813. The summed E-state index contributed by atoms with van der Waals surface area (Å²) in [6, 6.07) is 0. The minimum Gasteiger partial charge on any atom is -0.374 e. The van der Waals surface area contributed by atoms with Gasteiger partial charge in [0.05, 0.1) is 12.7 Å². The molecule has 2 saturated heterocycles. The summed E-state index contributed by atoms with van der Waals surface area (Å²) in [7, 11) is 0. The number of hydrogen-bond acceptors (Lipinski definition) is 3. The zero-order valence-corrected chi connectivity index (χ0v) is 11.5. The van der Waals surface area contributed by atoms with Crippen LogP contribution in [0, 0.1) is 11.8 Å². The van der Waals surface area contributed by atoms with Crippen molar-refractivity contribution in [3.8, 4) is 0 Å². The van der Waals surface area contributed by atoms with Crippen molar-refractivity contribution in [1.82, 2.24) is 10.2 Å². The van der Waals surface area contributed by atoms with Gasteiger partial charge < -0.3 is 15.0 Å². The first-order chi connectivity index (χ1) is 8.25. The molecule has 0 aromatic rings. The fourth-order valence-electron chi connectivity index (χ4n) is 3.06. The molecule has 0 aromatic heterocycles. The van der Waals surface area contributed by atoms with Crippen LogP contribution in [0.1, 0.15) is 33.1 Å². The van der Waals surface area contributed by atoms with Crippen molar-refractivity contribution in [3.05, 3.63) is 0 Å². The third-order valence-corrected chi connectivity index (χ3v) is 4.27. The van der Waals surface area contributed by atoms with Crippen LogP contribution in [0.5, 0.6) is 0 Å². The Balaban J connectivity index is 1.74. The molecule has 100 valence electrons. The van der Waals surface area contributed by atoms with E-state index >= 15 is 0 Å². The first kappa shape index (κ1) is 13.3. The Bertz CT molecular complexity index is 214. The van der Waals surface area contributed by atoms with Crippen molar-refractivity contribution in [1.29, 1.82) is 0 Å². The Morgan fingerprint density at radius 2 is 2.18 bits per heavy atom. The van der Waals surface area contributed by atoms with Gasteiger partial charge in [-0.15, -0.1) is 0 Å². The van der Waals surface area contributed by atoms with Crippen LogP contribution in [0.25, 0.3) is 0 Å². The average Bonchev–Trinajstić information content (AvgIpc) is 2.56. The van der Waals surface area contributed by atoms with E-state index in [-0.39, 0.29) is 0 Å². The molecule has 0 amide bonds. The summed E-state index contributed by atoms with van der Waals surface area (Å²) in [5.41, 5.74) is 0. The van der Waals surface area contributed by atoms with Gasteiger partial charge in [-0.1, -0.05) is 13.8 Å². The van der Waals surface area contributed by atoms with E-state index in [0.717, 1.165) is 38.1 Å². The molecule has 0 bridgehead atoms. The van der Waals surface area contributed by atoms with E-state index in [0.29, 0.717) is 6.10 Å². The number of hydrogen-bond donors (Lipinski definition) is 1. The first-order valence-electron chi connectivity index (χ1n) is 7.30. The SMILES string of the molecule is CC(C)C1CCCN(CC2CNCCO2)CC1. The van der Waals surface area contributed by atoms with E-state index in [1.807, 2.05) is 0 Å². The lowest BCUT2D eigenvalue weighted by molar-refractivity contribution is 0.00590. The second kappa shape index (κ2) is 6.72. The van der Waals surface area contributed by atoms with E-state index in [2.05, 4.69) is 24.1 Å². The molecule has 2 heterocycles. The summed E-state index contributed by atoms with van der Waals surface area (Å²) in [6.07, 6.45) is 4.57. The third kappa shape index (κ3) is 4.23. The molecule has 2 aliphatic heterocycles. The van der Waals surface area contributed by atoms with E-state index in [1.54, 1.807) is 0 Å². The van der Waals surface area contributed by atoms with Crippen LogP contribution in [0.3, 0.4) is 0 Å². The monoisotopic (exact) mass is 240 g/mol. The molecule has 2 unspecified atom stereocenters. The van der Waals surface area contributed by atoms with Gasteiger partial charge in [-0.3, -0.25) is 0 Å². The smallest absolute Gasteiger partial charge is 0.0826 e. The fraction of sp³-hybridized carbons (Fsp3) is 1.00. The maximum atomic E-state index is 5.79. The van der Waals surface area contributed by atoms with E-state index < -0.39 is 0 Å². The molecular formula is C14H28N2O. The minimum absolute atomic E-state index is 0.416. The number of ether oxygens (including phenoxy) is 1. The van der Waals surface area contributed by atoms with Crippen LogP contribution in [-0.2, 0) is 4.74 Å². The Hall–Kier alpha value is -0.120.